The van der Waals surface area contributed by atoms with E-state index in [9.17, 15) is 29.7 Å². The van der Waals surface area contributed by atoms with Crippen LogP contribution in [0.5, 0.6) is 0 Å². The molecule has 0 bridgehead atoms. The van der Waals surface area contributed by atoms with Crippen LogP contribution >= 0.6 is 0 Å². The molecule has 41 heavy (non-hydrogen) atoms. The van der Waals surface area contributed by atoms with E-state index < -0.39 is 30.9 Å². The van der Waals surface area contributed by atoms with Gasteiger partial charge in [0.05, 0.1) is 18.8 Å². The Morgan fingerprint density at radius 1 is 0.927 bits per heavy atom. The van der Waals surface area contributed by atoms with Crippen molar-refractivity contribution >= 4 is 17.7 Å². The summed E-state index contributed by atoms with van der Waals surface area (Å²) in [5.74, 6) is -1.39. The molecule has 236 valence electrons. The number of aliphatic hydroxyl groups excluding tert-OH is 3. The van der Waals surface area contributed by atoms with E-state index in [0.29, 0.717) is 32.1 Å². The summed E-state index contributed by atoms with van der Waals surface area (Å²) in [6, 6.07) is 0. The van der Waals surface area contributed by atoms with Crippen molar-refractivity contribution in [2.75, 3.05) is 13.2 Å². The number of carbonyl (C=O) groups excluding carboxylic acids is 3. The van der Waals surface area contributed by atoms with Gasteiger partial charge >= 0.3 is 11.9 Å². The molecule has 0 aromatic carbocycles. The number of hydrogen-bond acceptors (Lipinski definition) is 8. The van der Waals surface area contributed by atoms with Gasteiger partial charge in [0.25, 0.3) is 0 Å². The fourth-order valence-corrected chi connectivity index (χ4v) is 5.06. The predicted octanol–water partition coefficient (Wildman–Crippen LogP) is 5.75. The Morgan fingerprint density at radius 2 is 1.59 bits per heavy atom. The third kappa shape index (κ3) is 17.5. The van der Waals surface area contributed by atoms with E-state index in [-0.39, 0.29) is 43.0 Å². The first-order valence-electron chi connectivity index (χ1n) is 16.0. The molecule has 1 rings (SSSR count). The second kappa shape index (κ2) is 23.5. The maximum Gasteiger partial charge on any atom is 0.306 e. The number of esters is 2. The highest BCUT2D eigenvalue weighted by Gasteiger charge is 2.39. The van der Waals surface area contributed by atoms with Gasteiger partial charge < -0.3 is 24.8 Å². The lowest BCUT2D eigenvalue weighted by Gasteiger charge is -2.16. The average Bonchev–Trinajstić information content (AvgIpc) is 3.22. The lowest BCUT2D eigenvalue weighted by Crippen LogP contribution is -2.28. The average molecular weight is 581 g/mol. The molecule has 1 fully saturated rings. The van der Waals surface area contributed by atoms with Crippen molar-refractivity contribution in [2.24, 2.45) is 11.8 Å². The van der Waals surface area contributed by atoms with Gasteiger partial charge in [-0.05, 0) is 32.1 Å². The molecule has 8 nitrogen and oxygen atoms in total. The zero-order chi connectivity index (χ0) is 30.3. The van der Waals surface area contributed by atoms with Gasteiger partial charge in [-0.25, -0.2) is 0 Å². The lowest BCUT2D eigenvalue weighted by molar-refractivity contribution is -0.161. The molecule has 0 radical (unpaired) electrons. The Labute approximate surface area is 247 Å². The minimum Gasteiger partial charge on any atom is -0.462 e. The van der Waals surface area contributed by atoms with Gasteiger partial charge in [0.1, 0.15) is 12.4 Å². The van der Waals surface area contributed by atoms with Crippen LogP contribution in [0.15, 0.2) is 24.3 Å². The highest BCUT2D eigenvalue weighted by atomic mass is 16.6. The van der Waals surface area contributed by atoms with Crippen molar-refractivity contribution in [3.05, 3.63) is 24.3 Å². The number of Topliss-reactive ketones (excluding diaryl/α,β-unsaturated/α-hetero) is 1. The molecular weight excluding hydrogens is 524 g/mol. The summed E-state index contributed by atoms with van der Waals surface area (Å²) < 4.78 is 10.4. The molecule has 0 aromatic heterocycles. The van der Waals surface area contributed by atoms with E-state index in [0.717, 1.165) is 38.5 Å². The van der Waals surface area contributed by atoms with Crippen LogP contribution in [0.2, 0.25) is 0 Å². The van der Waals surface area contributed by atoms with Crippen molar-refractivity contribution < 1.29 is 39.2 Å². The number of unbranched alkanes of at least 4 members (excludes halogenated alkanes) is 9. The maximum absolute atomic E-state index is 12.4. The number of hydrogen-bond donors (Lipinski definition) is 3. The minimum atomic E-state index is -0.869. The van der Waals surface area contributed by atoms with E-state index in [1.165, 1.54) is 25.7 Å². The van der Waals surface area contributed by atoms with Crippen LogP contribution in [0, 0.1) is 11.8 Å². The Balaban J connectivity index is 2.27. The highest BCUT2D eigenvalue weighted by Crippen LogP contribution is 2.33. The molecule has 0 amide bonds. The summed E-state index contributed by atoms with van der Waals surface area (Å²) in [5, 5.41) is 30.0. The van der Waals surface area contributed by atoms with Crippen molar-refractivity contribution in [1.82, 2.24) is 0 Å². The first-order valence-corrected chi connectivity index (χ1v) is 16.0. The Hall–Kier alpha value is -2.03. The van der Waals surface area contributed by atoms with Gasteiger partial charge in [0.15, 0.2) is 6.10 Å². The number of ketones is 1. The zero-order valence-electron chi connectivity index (χ0n) is 25.5. The molecule has 3 N–H and O–H groups in total. The predicted molar refractivity (Wildman–Crippen MR) is 160 cm³/mol. The first kappa shape index (κ1) is 37.0. The minimum absolute atomic E-state index is 0.0269. The fourth-order valence-electron chi connectivity index (χ4n) is 5.06. The molecule has 1 aliphatic carbocycles. The molecule has 1 saturated carbocycles. The van der Waals surface area contributed by atoms with E-state index >= 15 is 0 Å². The molecule has 5 atom stereocenters. The number of allylic oxidation sites excluding steroid dienone is 2. The van der Waals surface area contributed by atoms with Crippen LogP contribution < -0.4 is 0 Å². The molecule has 0 aromatic rings. The summed E-state index contributed by atoms with van der Waals surface area (Å²) in [6.07, 6.45) is 19.0. The van der Waals surface area contributed by atoms with E-state index in [1.54, 1.807) is 12.2 Å². The largest absolute Gasteiger partial charge is 0.462 e. The quantitative estimate of drug-likeness (QED) is 0.0747. The van der Waals surface area contributed by atoms with Crippen LogP contribution in [0.25, 0.3) is 0 Å². The third-order valence-corrected chi connectivity index (χ3v) is 7.62. The molecule has 1 aliphatic rings. The van der Waals surface area contributed by atoms with Crippen LogP contribution in [0.3, 0.4) is 0 Å². The third-order valence-electron chi connectivity index (χ3n) is 7.62. The number of carbonyl (C=O) groups is 3. The highest BCUT2D eigenvalue weighted by molar-refractivity contribution is 5.84. The van der Waals surface area contributed by atoms with Gasteiger partial charge in [-0.15, -0.1) is 0 Å². The number of rotatable bonds is 24. The molecule has 0 aliphatic heterocycles. The molecule has 8 heteroatoms. The summed E-state index contributed by atoms with van der Waals surface area (Å²) in [5.41, 5.74) is 0. The van der Waals surface area contributed by atoms with E-state index in [2.05, 4.69) is 13.8 Å². The lowest BCUT2D eigenvalue weighted by atomic mass is 9.90. The van der Waals surface area contributed by atoms with Crippen molar-refractivity contribution in [3.8, 4) is 0 Å². The molecule has 0 spiro atoms. The summed E-state index contributed by atoms with van der Waals surface area (Å²) in [7, 11) is 0. The van der Waals surface area contributed by atoms with Crippen molar-refractivity contribution in [3.63, 3.8) is 0 Å². The van der Waals surface area contributed by atoms with Crippen LogP contribution in [-0.4, -0.2) is 64.6 Å². The summed E-state index contributed by atoms with van der Waals surface area (Å²) in [6.45, 7) is 3.73. The van der Waals surface area contributed by atoms with Gasteiger partial charge in [-0.2, -0.15) is 0 Å². The standard InChI is InChI=1S/C33H56O8/c1-3-5-7-8-9-10-15-19-32(38)40-25-27(24-34)41-33(39)20-16-12-11-14-18-28-29(31(37)23-30(28)36)22-21-26(35)17-13-6-4-2/h11,14,21-22,26-29,31,34-35,37H,3-10,12-13,15-20,23-25H2,1-2H3/b14-11-,22-21+/t26-,27-,28+,29+,31+/m0/s1. The fraction of sp³-hybridized carbons (Fsp3) is 0.788. The Kier molecular flexibility index (Phi) is 21.2. The topological polar surface area (TPSA) is 130 Å². The van der Waals surface area contributed by atoms with Crippen LogP contribution in [0.4, 0.5) is 0 Å². The zero-order valence-corrected chi connectivity index (χ0v) is 25.5. The molecule has 0 unspecified atom stereocenters. The smallest absolute Gasteiger partial charge is 0.306 e. The number of aliphatic hydroxyl groups is 3. The number of ether oxygens (including phenoxy) is 2. The summed E-state index contributed by atoms with van der Waals surface area (Å²) in [4.78, 5) is 36.5. The molecule has 0 heterocycles. The summed E-state index contributed by atoms with van der Waals surface area (Å²) >= 11 is 0. The van der Waals surface area contributed by atoms with E-state index in [4.69, 9.17) is 9.47 Å². The molecule has 0 saturated heterocycles. The first-order chi connectivity index (χ1) is 19.8. The van der Waals surface area contributed by atoms with Gasteiger partial charge in [0, 0.05) is 31.1 Å². The van der Waals surface area contributed by atoms with Crippen molar-refractivity contribution in [2.45, 2.75) is 141 Å². The van der Waals surface area contributed by atoms with Gasteiger partial charge in [-0.3, -0.25) is 14.4 Å². The second-order valence-electron chi connectivity index (χ2n) is 11.3. The monoisotopic (exact) mass is 580 g/mol. The SMILES string of the molecule is CCCCCCCCCC(=O)OC[C@H](CO)OC(=O)CCC/C=C\C[C@H]1C(=O)C[C@@H](O)[C@@H]1/C=C/[C@@H](O)CCCCC. The second-order valence-corrected chi connectivity index (χ2v) is 11.3. The van der Waals surface area contributed by atoms with Gasteiger partial charge in [-0.1, -0.05) is 95.9 Å². The van der Waals surface area contributed by atoms with E-state index in [1.807, 2.05) is 12.2 Å². The van der Waals surface area contributed by atoms with Crippen LogP contribution in [0.1, 0.15) is 123 Å². The van der Waals surface area contributed by atoms with Crippen LogP contribution in [-0.2, 0) is 23.9 Å². The van der Waals surface area contributed by atoms with Crippen molar-refractivity contribution in [1.29, 1.82) is 0 Å². The Morgan fingerprint density at radius 3 is 2.29 bits per heavy atom. The maximum atomic E-state index is 12.4. The molecular formula is C33H56O8. The Bertz CT molecular complexity index is 777. The van der Waals surface area contributed by atoms with Gasteiger partial charge in [0.2, 0.25) is 0 Å². The normalized spacial score (nSPS) is 20.6.